The molecule has 2 heterocycles. The van der Waals surface area contributed by atoms with Gasteiger partial charge in [0.25, 0.3) is 5.56 Å². The van der Waals surface area contributed by atoms with Gasteiger partial charge in [0.1, 0.15) is 6.54 Å². The highest BCUT2D eigenvalue weighted by Gasteiger charge is 2.10. The van der Waals surface area contributed by atoms with Crippen LogP contribution >= 0.6 is 0 Å². The number of carbonyl (C=O) groups excluding carboxylic acids is 1. The number of H-pyrrole nitrogens is 1. The van der Waals surface area contributed by atoms with E-state index in [1.54, 1.807) is 6.07 Å². The molecule has 26 heavy (non-hydrogen) atoms. The summed E-state index contributed by atoms with van der Waals surface area (Å²) in [5, 5.41) is 6.94. The van der Waals surface area contributed by atoms with E-state index in [9.17, 15) is 9.59 Å². The highest BCUT2D eigenvalue weighted by Crippen LogP contribution is 2.15. The minimum atomic E-state index is -0.385. The van der Waals surface area contributed by atoms with Crippen molar-refractivity contribution >= 4 is 22.9 Å². The summed E-state index contributed by atoms with van der Waals surface area (Å²) >= 11 is 0. The fourth-order valence-corrected chi connectivity index (χ4v) is 2.64. The summed E-state index contributed by atoms with van der Waals surface area (Å²) in [6.45, 7) is -0.198. The SMILES string of the molecule is O=C(Cn1nc(-c2ccccc2)ccc1=O)Nc1nc2ccccc2[nH]1. The van der Waals surface area contributed by atoms with Crippen LogP contribution in [0.2, 0.25) is 0 Å². The van der Waals surface area contributed by atoms with Crippen molar-refractivity contribution in [3.05, 3.63) is 77.1 Å². The Balaban J connectivity index is 1.54. The third-order valence-electron chi connectivity index (χ3n) is 3.88. The van der Waals surface area contributed by atoms with Crippen LogP contribution in [0.15, 0.2) is 71.5 Å². The molecular formula is C19H15N5O2. The quantitative estimate of drug-likeness (QED) is 0.594. The molecule has 2 aromatic heterocycles. The summed E-state index contributed by atoms with van der Waals surface area (Å²) in [5.74, 6) is -0.0488. The minimum absolute atomic E-state index is 0.198. The van der Waals surface area contributed by atoms with Gasteiger partial charge in [0.2, 0.25) is 11.9 Å². The summed E-state index contributed by atoms with van der Waals surface area (Å²) in [4.78, 5) is 31.6. The molecule has 0 radical (unpaired) electrons. The van der Waals surface area contributed by atoms with Crippen molar-refractivity contribution in [2.75, 3.05) is 5.32 Å². The van der Waals surface area contributed by atoms with Gasteiger partial charge in [-0.2, -0.15) is 5.10 Å². The van der Waals surface area contributed by atoms with Gasteiger partial charge in [-0.3, -0.25) is 14.9 Å². The third-order valence-corrected chi connectivity index (χ3v) is 3.88. The number of anilines is 1. The van der Waals surface area contributed by atoms with Crippen LogP contribution in [0, 0.1) is 0 Å². The second-order valence-electron chi connectivity index (χ2n) is 5.73. The number of hydrogen-bond donors (Lipinski definition) is 2. The molecule has 128 valence electrons. The van der Waals surface area contributed by atoms with Gasteiger partial charge in [-0.15, -0.1) is 0 Å². The van der Waals surface area contributed by atoms with Crippen molar-refractivity contribution in [3.63, 3.8) is 0 Å². The van der Waals surface area contributed by atoms with Gasteiger partial charge >= 0.3 is 0 Å². The minimum Gasteiger partial charge on any atom is -0.324 e. The van der Waals surface area contributed by atoms with Crippen LogP contribution in [-0.2, 0) is 11.3 Å². The number of fused-ring (bicyclic) bond motifs is 1. The van der Waals surface area contributed by atoms with Crippen molar-refractivity contribution in [2.45, 2.75) is 6.54 Å². The average Bonchev–Trinajstić information content (AvgIpc) is 3.06. The molecular weight excluding hydrogens is 330 g/mol. The normalized spacial score (nSPS) is 10.8. The van der Waals surface area contributed by atoms with Crippen molar-refractivity contribution < 1.29 is 4.79 Å². The molecule has 4 rings (SSSR count). The first-order valence-electron chi connectivity index (χ1n) is 8.07. The first-order valence-corrected chi connectivity index (χ1v) is 8.07. The molecule has 0 saturated heterocycles. The lowest BCUT2D eigenvalue weighted by atomic mass is 10.1. The van der Waals surface area contributed by atoms with Gasteiger partial charge in [-0.25, -0.2) is 9.67 Å². The van der Waals surface area contributed by atoms with Crippen LogP contribution in [0.3, 0.4) is 0 Å². The maximum atomic E-state index is 12.3. The number of carbonyl (C=O) groups is 1. The van der Waals surface area contributed by atoms with E-state index in [0.29, 0.717) is 11.6 Å². The first kappa shape index (κ1) is 15.8. The van der Waals surface area contributed by atoms with Crippen LogP contribution in [0.4, 0.5) is 5.95 Å². The number of nitrogens with zero attached hydrogens (tertiary/aromatic N) is 3. The fraction of sp³-hybridized carbons (Fsp3) is 0.0526. The van der Waals surface area contributed by atoms with E-state index >= 15 is 0 Å². The molecule has 0 spiro atoms. The number of aromatic nitrogens is 4. The predicted octanol–water partition coefficient (Wildman–Crippen LogP) is 2.43. The number of imidazole rings is 1. The molecule has 2 aromatic carbocycles. The van der Waals surface area contributed by atoms with E-state index in [0.717, 1.165) is 21.3 Å². The molecule has 4 aromatic rings. The summed E-state index contributed by atoms with van der Waals surface area (Å²) in [6.07, 6.45) is 0. The zero-order chi connectivity index (χ0) is 17.9. The lowest BCUT2D eigenvalue weighted by molar-refractivity contribution is -0.117. The molecule has 7 nitrogen and oxygen atoms in total. The van der Waals surface area contributed by atoms with E-state index in [1.807, 2.05) is 54.6 Å². The number of aromatic amines is 1. The molecule has 0 atom stereocenters. The Labute approximate surface area is 148 Å². The maximum absolute atomic E-state index is 12.3. The Hall–Kier alpha value is -3.74. The Bertz CT molecular complexity index is 1100. The molecule has 0 fully saturated rings. The van der Waals surface area contributed by atoms with E-state index in [4.69, 9.17) is 0 Å². The standard InChI is InChI=1S/C19H15N5O2/c25-17(22-19-20-15-8-4-5-9-16(15)21-19)12-24-18(26)11-10-14(23-24)13-6-2-1-3-7-13/h1-11H,12H2,(H2,20,21,22,25). The van der Waals surface area contributed by atoms with Crippen LogP contribution < -0.4 is 10.9 Å². The van der Waals surface area contributed by atoms with Gasteiger partial charge < -0.3 is 4.98 Å². The molecule has 0 bridgehead atoms. The zero-order valence-corrected chi connectivity index (χ0v) is 13.7. The van der Waals surface area contributed by atoms with Crippen LogP contribution in [0.5, 0.6) is 0 Å². The van der Waals surface area contributed by atoms with Crippen molar-refractivity contribution in [1.29, 1.82) is 0 Å². The molecule has 1 amide bonds. The van der Waals surface area contributed by atoms with Gasteiger partial charge in [0.15, 0.2) is 0 Å². The molecule has 7 heteroatoms. The largest absolute Gasteiger partial charge is 0.324 e. The highest BCUT2D eigenvalue weighted by atomic mass is 16.2. The molecule has 2 N–H and O–H groups in total. The van der Waals surface area contributed by atoms with Crippen molar-refractivity contribution in [3.8, 4) is 11.3 Å². The predicted molar refractivity (Wildman–Crippen MR) is 98.7 cm³/mol. The molecule has 0 aliphatic rings. The molecule has 0 aliphatic carbocycles. The van der Waals surface area contributed by atoms with E-state index in [1.165, 1.54) is 6.07 Å². The summed E-state index contributed by atoms with van der Waals surface area (Å²) in [6, 6.07) is 20.0. The van der Waals surface area contributed by atoms with Crippen molar-refractivity contribution in [2.24, 2.45) is 0 Å². The maximum Gasteiger partial charge on any atom is 0.267 e. The Morgan fingerprint density at radius 1 is 1.00 bits per heavy atom. The van der Waals surface area contributed by atoms with Gasteiger partial charge in [0, 0.05) is 11.6 Å². The van der Waals surface area contributed by atoms with Crippen LogP contribution in [0.1, 0.15) is 0 Å². The summed E-state index contributed by atoms with van der Waals surface area (Å²) in [5.41, 5.74) is 2.73. The smallest absolute Gasteiger partial charge is 0.267 e. The topological polar surface area (TPSA) is 92.7 Å². The average molecular weight is 345 g/mol. The van der Waals surface area contributed by atoms with Gasteiger partial charge in [0.05, 0.1) is 16.7 Å². The second kappa shape index (κ2) is 6.64. The van der Waals surface area contributed by atoms with Crippen LogP contribution in [-0.4, -0.2) is 25.7 Å². The Morgan fingerprint density at radius 2 is 1.77 bits per heavy atom. The second-order valence-corrected chi connectivity index (χ2v) is 5.73. The van der Waals surface area contributed by atoms with Gasteiger partial charge in [-0.1, -0.05) is 42.5 Å². The monoisotopic (exact) mass is 345 g/mol. The Morgan fingerprint density at radius 3 is 2.58 bits per heavy atom. The third kappa shape index (κ3) is 3.23. The van der Waals surface area contributed by atoms with E-state index < -0.39 is 0 Å². The number of nitrogens with one attached hydrogen (secondary N) is 2. The zero-order valence-electron chi connectivity index (χ0n) is 13.7. The molecule has 0 unspecified atom stereocenters. The lowest BCUT2D eigenvalue weighted by Crippen LogP contribution is -2.29. The molecule has 0 saturated carbocycles. The number of benzene rings is 2. The number of amides is 1. The van der Waals surface area contributed by atoms with E-state index in [2.05, 4.69) is 20.4 Å². The molecule has 0 aliphatic heterocycles. The lowest BCUT2D eigenvalue weighted by Gasteiger charge is -2.07. The number of hydrogen-bond acceptors (Lipinski definition) is 4. The fourth-order valence-electron chi connectivity index (χ4n) is 2.64. The number of para-hydroxylation sites is 2. The summed E-state index contributed by atoms with van der Waals surface area (Å²) in [7, 11) is 0. The van der Waals surface area contributed by atoms with Crippen LogP contribution in [0.25, 0.3) is 22.3 Å². The first-order chi connectivity index (χ1) is 12.7. The van der Waals surface area contributed by atoms with Crippen molar-refractivity contribution in [1.82, 2.24) is 19.7 Å². The Kier molecular flexibility index (Phi) is 4.03. The van der Waals surface area contributed by atoms with Gasteiger partial charge in [-0.05, 0) is 18.2 Å². The number of rotatable bonds is 4. The highest BCUT2D eigenvalue weighted by molar-refractivity contribution is 5.90. The summed E-state index contributed by atoms with van der Waals surface area (Å²) < 4.78 is 1.14. The van der Waals surface area contributed by atoms with E-state index in [-0.39, 0.29) is 18.0 Å².